The van der Waals surface area contributed by atoms with Crippen molar-refractivity contribution in [3.63, 3.8) is 0 Å². The lowest BCUT2D eigenvalue weighted by Gasteiger charge is -2.34. The van der Waals surface area contributed by atoms with Crippen LogP contribution in [0.15, 0.2) is 59.5 Å². The van der Waals surface area contributed by atoms with Gasteiger partial charge in [0.05, 0.1) is 16.5 Å². The first kappa shape index (κ1) is 29.7. The third-order valence-electron chi connectivity index (χ3n) is 6.55. The smallest absolute Gasteiger partial charge is 0.257 e. The molecule has 0 aliphatic carbocycles. The minimum Gasteiger partial charge on any atom is -0.491 e. The molecule has 10 heteroatoms. The molecule has 2 amide bonds. The Morgan fingerprint density at radius 1 is 1.18 bits per heavy atom. The minimum atomic E-state index is -3.96. The molecule has 0 spiro atoms. The fourth-order valence-corrected chi connectivity index (χ4v) is 5.49. The summed E-state index contributed by atoms with van der Waals surface area (Å²) in [5.41, 5.74) is 0.771. The van der Waals surface area contributed by atoms with Crippen LogP contribution >= 0.6 is 11.6 Å². The maximum absolute atomic E-state index is 13.4. The lowest BCUT2D eigenvalue weighted by atomic mass is 10.0. The van der Waals surface area contributed by atoms with Gasteiger partial charge in [0.25, 0.3) is 5.91 Å². The number of carbonyl (C=O) groups is 2. The molecular weight excluding hydrogens is 526 g/mol. The average molecular weight is 562 g/mol. The van der Waals surface area contributed by atoms with Gasteiger partial charge in [0.2, 0.25) is 15.9 Å². The van der Waals surface area contributed by atoms with Gasteiger partial charge in [-0.05, 0) is 48.6 Å². The van der Waals surface area contributed by atoms with Crippen LogP contribution in [-0.2, 0) is 21.4 Å². The molecule has 0 aromatic heterocycles. The molecule has 0 radical (unpaired) electrons. The van der Waals surface area contributed by atoms with Gasteiger partial charge in [-0.25, -0.2) is 13.1 Å². The first-order valence-corrected chi connectivity index (χ1v) is 14.5. The Labute approximate surface area is 230 Å². The number of benzene rings is 2. The van der Waals surface area contributed by atoms with Crippen LogP contribution in [0.3, 0.4) is 0 Å². The topological polar surface area (TPSA) is 96.0 Å². The molecule has 2 aromatic rings. The molecule has 206 valence electrons. The number of nitrogens with one attached hydrogen (secondary N) is 1. The normalized spacial score (nSPS) is 18.5. The summed E-state index contributed by atoms with van der Waals surface area (Å²) >= 11 is 6.17. The zero-order valence-electron chi connectivity index (χ0n) is 22.3. The van der Waals surface area contributed by atoms with E-state index in [1.165, 1.54) is 23.1 Å². The van der Waals surface area contributed by atoms with Crippen molar-refractivity contribution in [3.8, 4) is 5.75 Å². The highest BCUT2D eigenvalue weighted by Gasteiger charge is 2.27. The van der Waals surface area contributed by atoms with Crippen molar-refractivity contribution < 1.29 is 22.7 Å². The number of amides is 2. The number of halogens is 1. The van der Waals surface area contributed by atoms with Crippen molar-refractivity contribution in [2.45, 2.75) is 51.1 Å². The third kappa shape index (κ3) is 7.58. The Balaban J connectivity index is 1.96. The second-order valence-electron chi connectivity index (χ2n) is 9.71. The molecule has 0 unspecified atom stereocenters. The zero-order valence-corrected chi connectivity index (χ0v) is 23.9. The minimum absolute atomic E-state index is 0.00514. The highest BCUT2D eigenvalue weighted by atomic mass is 35.5. The Kier molecular flexibility index (Phi) is 10.4. The molecule has 1 aliphatic heterocycles. The van der Waals surface area contributed by atoms with Gasteiger partial charge in [0.15, 0.2) is 0 Å². The fourth-order valence-electron chi connectivity index (χ4n) is 4.26. The molecule has 1 aliphatic rings. The quantitative estimate of drug-likeness (QED) is 0.543. The summed E-state index contributed by atoms with van der Waals surface area (Å²) in [6, 6.07) is 11.0. The Morgan fingerprint density at radius 2 is 1.92 bits per heavy atom. The number of carbonyl (C=O) groups excluding carboxylic acids is 2. The van der Waals surface area contributed by atoms with Crippen LogP contribution < -0.4 is 9.46 Å². The lowest BCUT2D eigenvalue weighted by Crippen LogP contribution is -2.46. The Morgan fingerprint density at radius 3 is 2.61 bits per heavy atom. The van der Waals surface area contributed by atoms with Crippen LogP contribution in [0.5, 0.6) is 5.75 Å². The summed E-state index contributed by atoms with van der Waals surface area (Å²) in [5.74, 6) is -0.0280. The SMILES string of the molecule is CC(=O)N1CCC/C=C/CN(C)C(=O)c2cc(S(=O)(=O)NCc3ccccc3Cl)ccc2OC[C@@H]1C(C)C. The summed E-state index contributed by atoms with van der Waals surface area (Å²) in [6.45, 7) is 6.72. The van der Waals surface area contributed by atoms with E-state index in [9.17, 15) is 18.0 Å². The Bertz CT molecular complexity index is 1280. The number of ether oxygens (including phenoxy) is 1. The number of hydrogen-bond acceptors (Lipinski definition) is 5. The fraction of sp³-hybridized carbons (Fsp3) is 0.429. The van der Waals surface area contributed by atoms with Gasteiger partial charge in [-0.2, -0.15) is 0 Å². The predicted molar refractivity (Wildman–Crippen MR) is 149 cm³/mol. The summed E-state index contributed by atoms with van der Waals surface area (Å²) < 4.78 is 35.0. The third-order valence-corrected chi connectivity index (χ3v) is 8.32. The average Bonchev–Trinajstić information content (AvgIpc) is 2.87. The standard InChI is InChI=1S/C28H36ClN3O5S/c1-20(2)26-19-37-27-14-13-23(38(35,36)30-18-22-11-7-8-12-25(22)29)17-24(27)28(34)31(4)15-9-5-6-10-16-32(26)21(3)33/h5,7-9,11-14,17,20,26,30H,6,10,15-16,18-19H2,1-4H3/b9-5+/t26-/m1/s1. The second kappa shape index (κ2) is 13.3. The van der Waals surface area contributed by atoms with Crippen molar-refractivity contribution in [2.75, 3.05) is 26.7 Å². The van der Waals surface area contributed by atoms with Crippen molar-refractivity contribution in [3.05, 3.63) is 70.8 Å². The molecule has 0 saturated carbocycles. The number of nitrogens with zero attached hydrogens (tertiary/aromatic N) is 2. The van der Waals surface area contributed by atoms with E-state index in [4.69, 9.17) is 16.3 Å². The van der Waals surface area contributed by atoms with E-state index in [0.717, 1.165) is 12.8 Å². The molecule has 3 rings (SSSR count). The molecule has 8 nitrogen and oxygen atoms in total. The lowest BCUT2D eigenvalue weighted by molar-refractivity contribution is -0.133. The predicted octanol–water partition coefficient (Wildman–Crippen LogP) is 4.49. The van der Waals surface area contributed by atoms with Crippen LogP contribution in [-0.4, -0.2) is 62.8 Å². The van der Waals surface area contributed by atoms with Crippen molar-refractivity contribution in [2.24, 2.45) is 5.92 Å². The molecule has 1 N–H and O–H groups in total. The van der Waals surface area contributed by atoms with Crippen LogP contribution in [0.2, 0.25) is 5.02 Å². The number of sulfonamides is 1. The van der Waals surface area contributed by atoms with Gasteiger partial charge in [-0.1, -0.05) is 55.8 Å². The maximum Gasteiger partial charge on any atom is 0.257 e. The van der Waals surface area contributed by atoms with E-state index in [1.807, 2.05) is 30.9 Å². The largest absolute Gasteiger partial charge is 0.491 e. The van der Waals surface area contributed by atoms with Gasteiger partial charge in [0, 0.05) is 38.6 Å². The highest BCUT2D eigenvalue weighted by molar-refractivity contribution is 7.89. The summed E-state index contributed by atoms with van der Waals surface area (Å²) in [6.07, 6.45) is 5.46. The van der Waals surface area contributed by atoms with Crippen molar-refractivity contribution in [1.29, 1.82) is 0 Å². The molecule has 2 aromatic carbocycles. The molecular formula is C28H36ClN3O5S. The summed E-state index contributed by atoms with van der Waals surface area (Å²) in [5, 5.41) is 0.456. The van der Waals surface area contributed by atoms with E-state index >= 15 is 0 Å². The Hall–Kier alpha value is -2.88. The number of rotatable bonds is 5. The van der Waals surface area contributed by atoms with Gasteiger partial charge in [0.1, 0.15) is 12.4 Å². The van der Waals surface area contributed by atoms with E-state index in [0.29, 0.717) is 23.7 Å². The number of fused-ring (bicyclic) bond motifs is 1. The number of hydrogen-bond donors (Lipinski definition) is 1. The first-order chi connectivity index (χ1) is 18.0. The van der Waals surface area contributed by atoms with Crippen LogP contribution in [0, 0.1) is 5.92 Å². The molecule has 1 heterocycles. The highest BCUT2D eigenvalue weighted by Crippen LogP contribution is 2.26. The second-order valence-corrected chi connectivity index (χ2v) is 11.9. The number of likely N-dealkylation sites (N-methyl/N-ethyl adjacent to an activating group) is 1. The molecule has 1 atom stereocenters. The molecule has 0 saturated heterocycles. The van der Waals surface area contributed by atoms with E-state index in [1.54, 1.807) is 38.2 Å². The monoisotopic (exact) mass is 561 g/mol. The van der Waals surface area contributed by atoms with Crippen LogP contribution in [0.4, 0.5) is 0 Å². The van der Waals surface area contributed by atoms with Crippen molar-refractivity contribution in [1.82, 2.24) is 14.5 Å². The zero-order chi connectivity index (χ0) is 27.9. The van der Waals surface area contributed by atoms with Gasteiger partial charge >= 0.3 is 0 Å². The van der Waals surface area contributed by atoms with Gasteiger partial charge in [-0.3, -0.25) is 9.59 Å². The van der Waals surface area contributed by atoms with Crippen molar-refractivity contribution >= 4 is 33.4 Å². The van der Waals surface area contributed by atoms with E-state index in [2.05, 4.69) is 4.72 Å². The van der Waals surface area contributed by atoms with Gasteiger partial charge < -0.3 is 14.5 Å². The molecule has 0 bridgehead atoms. The summed E-state index contributed by atoms with van der Waals surface area (Å²) in [7, 11) is -2.30. The molecule has 38 heavy (non-hydrogen) atoms. The summed E-state index contributed by atoms with van der Waals surface area (Å²) in [4.78, 5) is 29.1. The van der Waals surface area contributed by atoms with E-state index in [-0.39, 0.29) is 53.1 Å². The molecule has 0 fully saturated rings. The first-order valence-electron chi connectivity index (χ1n) is 12.7. The van der Waals surface area contributed by atoms with Crippen LogP contribution in [0.25, 0.3) is 0 Å². The van der Waals surface area contributed by atoms with E-state index < -0.39 is 10.0 Å². The number of allylic oxidation sites excluding steroid dienone is 1. The van der Waals surface area contributed by atoms with Gasteiger partial charge in [-0.15, -0.1) is 0 Å². The maximum atomic E-state index is 13.4. The van der Waals surface area contributed by atoms with Crippen LogP contribution in [0.1, 0.15) is 49.5 Å².